The Bertz CT molecular complexity index is 159. The Balaban J connectivity index is 3.49. The topological polar surface area (TPSA) is 32.3 Å². The second kappa shape index (κ2) is 8.93. The molecule has 0 aliphatic carbocycles. The zero-order valence-corrected chi connectivity index (χ0v) is 10.4. The molecule has 90 valence electrons. The first kappa shape index (κ1) is 14.7. The lowest BCUT2D eigenvalue weighted by atomic mass is 9.95. The third-order valence-corrected chi connectivity index (χ3v) is 3.08. The summed E-state index contributed by atoms with van der Waals surface area (Å²) in [5.74, 6) is 0. The molecule has 0 aromatic carbocycles. The van der Waals surface area contributed by atoms with Gasteiger partial charge in [-0.3, -0.25) is 0 Å². The summed E-state index contributed by atoms with van der Waals surface area (Å²) in [6.45, 7) is 9.40. The molecule has 0 fully saturated rings. The highest BCUT2D eigenvalue weighted by atomic mass is 16.3. The van der Waals surface area contributed by atoms with Gasteiger partial charge in [0.2, 0.25) is 0 Å². The predicted molar refractivity (Wildman–Crippen MR) is 67.1 cm³/mol. The fourth-order valence-corrected chi connectivity index (χ4v) is 1.62. The molecule has 0 aliphatic rings. The van der Waals surface area contributed by atoms with Gasteiger partial charge in [-0.05, 0) is 45.6 Å². The Morgan fingerprint density at radius 1 is 1.33 bits per heavy atom. The van der Waals surface area contributed by atoms with Gasteiger partial charge in [0, 0.05) is 12.1 Å². The second-order valence-electron chi connectivity index (χ2n) is 4.45. The third kappa shape index (κ3) is 7.57. The Morgan fingerprint density at radius 2 is 2.07 bits per heavy atom. The van der Waals surface area contributed by atoms with E-state index in [0.717, 1.165) is 25.8 Å². The van der Waals surface area contributed by atoms with Crippen LogP contribution in [0.2, 0.25) is 0 Å². The van der Waals surface area contributed by atoms with Crippen LogP contribution in [0, 0.1) is 0 Å². The lowest BCUT2D eigenvalue weighted by Crippen LogP contribution is -2.43. The standard InChI is InChI=1S/C13H27NO/c1-4-6-7-8-9-11-14-13(3,5-2)10-12-15/h4,14-15H,1,5-12H2,2-3H3. The van der Waals surface area contributed by atoms with Gasteiger partial charge >= 0.3 is 0 Å². The molecule has 2 heteroatoms. The second-order valence-corrected chi connectivity index (χ2v) is 4.45. The Hall–Kier alpha value is -0.340. The van der Waals surface area contributed by atoms with E-state index >= 15 is 0 Å². The maximum Gasteiger partial charge on any atom is 0.0448 e. The van der Waals surface area contributed by atoms with Gasteiger partial charge in [0.1, 0.15) is 0 Å². The smallest absolute Gasteiger partial charge is 0.0448 e. The summed E-state index contributed by atoms with van der Waals surface area (Å²) in [6, 6.07) is 0. The molecule has 2 N–H and O–H groups in total. The van der Waals surface area contributed by atoms with Crippen molar-refractivity contribution < 1.29 is 5.11 Å². The fraction of sp³-hybridized carbons (Fsp3) is 0.846. The van der Waals surface area contributed by atoms with Crippen LogP contribution in [-0.2, 0) is 0 Å². The molecule has 0 heterocycles. The quantitative estimate of drug-likeness (QED) is 0.432. The number of aliphatic hydroxyl groups excluding tert-OH is 1. The van der Waals surface area contributed by atoms with E-state index < -0.39 is 0 Å². The first-order valence-corrected chi connectivity index (χ1v) is 6.15. The van der Waals surface area contributed by atoms with Crippen molar-refractivity contribution >= 4 is 0 Å². The number of nitrogens with one attached hydrogen (secondary N) is 1. The molecule has 0 amide bonds. The molecular formula is C13H27NO. The number of unbranched alkanes of at least 4 members (excludes halogenated alkanes) is 3. The zero-order chi connectivity index (χ0) is 11.6. The van der Waals surface area contributed by atoms with E-state index in [0.29, 0.717) is 0 Å². The van der Waals surface area contributed by atoms with Crippen LogP contribution in [0.5, 0.6) is 0 Å². The van der Waals surface area contributed by atoms with Crippen molar-refractivity contribution in [2.75, 3.05) is 13.2 Å². The molecular weight excluding hydrogens is 186 g/mol. The molecule has 0 rings (SSSR count). The van der Waals surface area contributed by atoms with Gasteiger partial charge in [0.25, 0.3) is 0 Å². The molecule has 0 aromatic rings. The summed E-state index contributed by atoms with van der Waals surface area (Å²) >= 11 is 0. The monoisotopic (exact) mass is 213 g/mol. The van der Waals surface area contributed by atoms with E-state index in [-0.39, 0.29) is 12.1 Å². The summed E-state index contributed by atoms with van der Waals surface area (Å²) in [4.78, 5) is 0. The highest BCUT2D eigenvalue weighted by molar-refractivity contribution is 4.80. The van der Waals surface area contributed by atoms with Crippen molar-refractivity contribution in [3.63, 3.8) is 0 Å². The van der Waals surface area contributed by atoms with Crippen LogP contribution < -0.4 is 5.32 Å². The molecule has 0 saturated carbocycles. The lowest BCUT2D eigenvalue weighted by Gasteiger charge is -2.29. The van der Waals surface area contributed by atoms with Gasteiger partial charge in [0.05, 0.1) is 0 Å². The van der Waals surface area contributed by atoms with Crippen LogP contribution in [0.4, 0.5) is 0 Å². The molecule has 1 unspecified atom stereocenters. The van der Waals surface area contributed by atoms with E-state index in [1.807, 2.05) is 6.08 Å². The lowest BCUT2D eigenvalue weighted by molar-refractivity contribution is 0.215. The molecule has 0 saturated heterocycles. The van der Waals surface area contributed by atoms with E-state index in [4.69, 9.17) is 5.11 Å². The first-order chi connectivity index (χ1) is 7.18. The van der Waals surface area contributed by atoms with E-state index in [1.165, 1.54) is 19.3 Å². The number of allylic oxidation sites excluding steroid dienone is 1. The molecule has 0 aromatic heterocycles. The number of rotatable bonds is 10. The normalized spacial score (nSPS) is 14.9. The molecule has 0 aliphatic heterocycles. The molecule has 0 radical (unpaired) electrons. The minimum absolute atomic E-state index is 0.118. The van der Waals surface area contributed by atoms with Crippen molar-refractivity contribution in [1.29, 1.82) is 0 Å². The minimum Gasteiger partial charge on any atom is -0.396 e. The van der Waals surface area contributed by atoms with Crippen molar-refractivity contribution in [3.8, 4) is 0 Å². The molecule has 2 nitrogen and oxygen atoms in total. The van der Waals surface area contributed by atoms with Crippen LogP contribution in [0.1, 0.15) is 52.4 Å². The summed E-state index contributed by atoms with van der Waals surface area (Å²) in [7, 11) is 0. The highest BCUT2D eigenvalue weighted by Crippen LogP contribution is 2.13. The molecule has 0 bridgehead atoms. The number of aliphatic hydroxyl groups is 1. The Kier molecular flexibility index (Phi) is 8.73. The predicted octanol–water partition coefficient (Wildman–Crippen LogP) is 2.87. The van der Waals surface area contributed by atoms with Gasteiger partial charge in [-0.25, -0.2) is 0 Å². The third-order valence-electron chi connectivity index (χ3n) is 3.08. The van der Waals surface area contributed by atoms with E-state index in [2.05, 4.69) is 25.7 Å². The van der Waals surface area contributed by atoms with Gasteiger partial charge in [0.15, 0.2) is 0 Å². The van der Waals surface area contributed by atoms with Gasteiger partial charge in [-0.15, -0.1) is 6.58 Å². The SMILES string of the molecule is C=CCCCCCNC(C)(CC)CCO. The zero-order valence-electron chi connectivity index (χ0n) is 10.4. The molecule has 1 atom stereocenters. The van der Waals surface area contributed by atoms with Crippen LogP contribution in [0.25, 0.3) is 0 Å². The van der Waals surface area contributed by atoms with Gasteiger partial charge in [-0.2, -0.15) is 0 Å². The first-order valence-electron chi connectivity index (χ1n) is 6.15. The minimum atomic E-state index is 0.118. The van der Waals surface area contributed by atoms with Gasteiger partial charge < -0.3 is 10.4 Å². The van der Waals surface area contributed by atoms with Crippen LogP contribution in [0.15, 0.2) is 12.7 Å². The van der Waals surface area contributed by atoms with Crippen molar-refractivity contribution in [2.45, 2.75) is 57.9 Å². The fourth-order valence-electron chi connectivity index (χ4n) is 1.62. The van der Waals surface area contributed by atoms with Crippen LogP contribution in [-0.4, -0.2) is 23.8 Å². The Labute approximate surface area is 94.8 Å². The average molecular weight is 213 g/mol. The van der Waals surface area contributed by atoms with Crippen molar-refractivity contribution in [2.24, 2.45) is 0 Å². The summed E-state index contributed by atoms with van der Waals surface area (Å²) in [5, 5.41) is 12.5. The maximum atomic E-state index is 8.95. The average Bonchev–Trinajstić information content (AvgIpc) is 2.24. The highest BCUT2D eigenvalue weighted by Gasteiger charge is 2.19. The largest absolute Gasteiger partial charge is 0.396 e. The maximum absolute atomic E-state index is 8.95. The van der Waals surface area contributed by atoms with Crippen molar-refractivity contribution in [1.82, 2.24) is 5.32 Å². The number of hydrogen-bond donors (Lipinski definition) is 2. The van der Waals surface area contributed by atoms with Gasteiger partial charge in [-0.1, -0.05) is 19.4 Å². The molecule has 0 spiro atoms. The van der Waals surface area contributed by atoms with Crippen LogP contribution >= 0.6 is 0 Å². The Morgan fingerprint density at radius 3 is 2.60 bits per heavy atom. The summed E-state index contributed by atoms with van der Waals surface area (Å²) in [5.41, 5.74) is 0.118. The van der Waals surface area contributed by atoms with E-state index in [1.54, 1.807) is 0 Å². The summed E-state index contributed by atoms with van der Waals surface area (Å²) < 4.78 is 0. The van der Waals surface area contributed by atoms with Crippen molar-refractivity contribution in [3.05, 3.63) is 12.7 Å². The van der Waals surface area contributed by atoms with E-state index in [9.17, 15) is 0 Å². The summed E-state index contributed by atoms with van der Waals surface area (Å²) in [6.07, 6.45) is 8.74. The van der Waals surface area contributed by atoms with Crippen LogP contribution in [0.3, 0.4) is 0 Å². The molecule has 15 heavy (non-hydrogen) atoms. The number of hydrogen-bond acceptors (Lipinski definition) is 2.